The van der Waals surface area contributed by atoms with Crippen molar-refractivity contribution in [1.82, 2.24) is 0 Å². The molecule has 0 saturated heterocycles. The van der Waals surface area contributed by atoms with E-state index in [2.05, 4.69) is 0 Å². The number of carboxylic acid groups (broad SMARTS) is 1. The molecule has 1 aromatic rings. The number of rotatable bonds is 1. The maximum Gasteiger partial charge on any atom is 1.00 e. The number of aromatic carboxylic acids is 1. The Bertz CT molecular complexity index is 291. The van der Waals surface area contributed by atoms with Gasteiger partial charge in [0.15, 0.2) is 0 Å². The van der Waals surface area contributed by atoms with Crippen molar-refractivity contribution >= 4 is 17.3 Å². The van der Waals surface area contributed by atoms with E-state index in [1.165, 1.54) is 12.1 Å². The number of hydrogen-bond donors (Lipinski definition) is 0. The van der Waals surface area contributed by atoms with Gasteiger partial charge in [-0.1, -0.05) is 30.3 Å². The first-order valence-corrected chi connectivity index (χ1v) is 4.07. The average molecular weight is 270 g/mol. The minimum Gasteiger partial charge on any atom is -0.784 e. The van der Waals surface area contributed by atoms with Crippen molar-refractivity contribution in [2.75, 3.05) is 0 Å². The van der Waals surface area contributed by atoms with Crippen molar-refractivity contribution in [3.05, 3.63) is 35.9 Å². The van der Waals surface area contributed by atoms with E-state index in [0.717, 1.165) is 0 Å². The first kappa shape index (κ1) is 26.3. The Labute approximate surface area is 162 Å². The first-order chi connectivity index (χ1) is 6.04. The molecule has 0 heterocycles. The van der Waals surface area contributed by atoms with Gasteiger partial charge in [-0.05, 0) is 5.56 Å². The van der Waals surface area contributed by atoms with E-state index < -0.39 is 17.3 Å². The Morgan fingerprint density at radius 3 is 1.50 bits per heavy atom. The van der Waals surface area contributed by atoms with Gasteiger partial charge in [-0.3, -0.25) is 4.21 Å². The molecular weight excluding hydrogens is 265 g/mol. The van der Waals surface area contributed by atoms with Crippen molar-refractivity contribution in [3.63, 3.8) is 0 Å². The Morgan fingerprint density at radius 2 is 1.31 bits per heavy atom. The van der Waals surface area contributed by atoms with Crippen molar-refractivity contribution in [3.8, 4) is 0 Å². The van der Waals surface area contributed by atoms with Crippen LogP contribution >= 0.6 is 0 Å². The van der Waals surface area contributed by atoms with Crippen LogP contribution in [0.4, 0.5) is 0 Å². The normalized spacial score (nSPS) is 7.19. The van der Waals surface area contributed by atoms with E-state index >= 15 is 0 Å². The Balaban J connectivity index is -0.0000000921. The fourth-order valence-corrected chi connectivity index (χ4v) is 0.574. The van der Waals surface area contributed by atoms with Gasteiger partial charge in [0.25, 0.3) is 0 Å². The Kier molecular flexibility index (Phi) is 27.6. The van der Waals surface area contributed by atoms with E-state index in [0.29, 0.717) is 0 Å². The number of carboxylic acids is 1. The van der Waals surface area contributed by atoms with Crippen LogP contribution in [0.3, 0.4) is 0 Å². The molecule has 0 radical (unpaired) electrons. The molecule has 0 spiro atoms. The van der Waals surface area contributed by atoms with Crippen LogP contribution in [0.1, 0.15) is 10.4 Å². The molecule has 16 heavy (non-hydrogen) atoms. The van der Waals surface area contributed by atoms with Gasteiger partial charge in [0.1, 0.15) is 0 Å². The van der Waals surface area contributed by atoms with Crippen LogP contribution in [0.15, 0.2) is 30.3 Å². The molecule has 5 nitrogen and oxygen atoms in total. The smallest absolute Gasteiger partial charge is 0.784 e. The summed E-state index contributed by atoms with van der Waals surface area (Å²) in [6, 6.07) is 8.06. The second-order valence-electron chi connectivity index (χ2n) is 1.86. The average Bonchev–Trinajstić information content (AvgIpc) is 2.05. The van der Waals surface area contributed by atoms with Crippen LogP contribution in [0.2, 0.25) is 0 Å². The maximum atomic E-state index is 10.1. The SMILES string of the molecule is O=C([O-])c1ccccc1.O=S([O-])[O-].[Na+].[Na+].[Na+]. The molecule has 0 aliphatic carbocycles. The Hall–Kier alpha value is 1.76. The number of hydrogen-bond acceptors (Lipinski definition) is 5. The topological polar surface area (TPSA) is 103 Å². The van der Waals surface area contributed by atoms with Crippen molar-refractivity contribution in [1.29, 1.82) is 0 Å². The molecule has 1 aromatic carbocycles. The summed E-state index contributed by atoms with van der Waals surface area (Å²) >= 11 is -3.11. The minimum absolute atomic E-state index is 0. The zero-order valence-electron chi connectivity index (χ0n) is 9.34. The quantitative estimate of drug-likeness (QED) is 0.372. The standard InChI is InChI=1S/C7H6O2.3Na.H2O3S/c8-7(9)6-4-2-1-3-5-6;;;;1-4(2)3/h1-5H,(H,8,9);;;;(H2,1,2,3)/q;3*+1;/p-3. The first-order valence-electron chi connectivity index (χ1n) is 3.07. The van der Waals surface area contributed by atoms with Crippen LogP contribution in [0.25, 0.3) is 0 Å². The van der Waals surface area contributed by atoms with Gasteiger partial charge in [-0.2, -0.15) is 0 Å². The van der Waals surface area contributed by atoms with Crippen LogP contribution in [0.5, 0.6) is 0 Å². The molecule has 0 aliphatic heterocycles. The summed E-state index contributed by atoms with van der Waals surface area (Å²) in [5.74, 6) is -1.13. The van der Waals surface area contributed by atoms with Gasteiger partial charge in [0.05, 0.1) is 5.97 Å². The molecule has 0 aliphatic rings. The van der Waals surface area contributed by atoms with Crippen LogP contribution in [-0.4, -0.2) is 19.3 Å². The second-order valence-corrected chi connectivity index (χ2v) is 2.27. The third kappa shape index (κ3) is 18.1. The summed E-state index contributed by atoms with van der Waals surface area (Å²) in [7, 11) is 0. The van der Waals surface area contributed by atoms with E-state index in [9.17, 15) is 9.90 Å². The number of carbonyl (C=O) groups excluding carboxylic acids is 1. The maximum absolute atomic E-state index is 10.1. The Morgan fingerprint density at radius 1 is 1.00 bits per heavy atom. The second kappa shape index (κ2) is 16.8. The van der Waals surface area contributed by atoms with E-state index in [4.69, 9.17) is 13.3 Å². The zero-order chi connectivity index (χ0) is 10.3. The molecule has 0 bridgehead atoms. The molecule has 0 N–H and O–H groups in total. The molecule has 72 valence electrons. The van der Waals surface area contributed by atoms with Crippen molar-refractivity contribution in [2.24, 2.45) is 0 Å². The van der Waals surface area contributed by atoms with Crippen molar-refractivity contribution in [2.45, 2.75) is 0 Å². The van der Waals surface area contributed by atoms with Gasteiger partial charge < -0.3 is 19.0 Å². The summed E-state index contributed by atoms with van der Waals surface area (Å²) in [5.41, 5.74) is 0.220. The molecular formula is C7H5Na3O5S. The summed E-state index contributed by atoms with van der Waals surface area (Å²) in [5, 5.41) is 10.1. The molecule has 9 heteroatoms. The van der Waals surface area contributed by atoms with Crippen LogP contribution in [-0.2, 0) is 11.4 Å². The number of carbonyl (C=O) groups is 1. The van der Waals surface area contributed by atoms with Gasteiger partial charge in [0, 0.05) is 0 Å². The number of benzene rings is 1. The van der Waals surface area contributed by atoms with Gasteiger partial charge in [-0.25, -0.2) is 0 Å². The third-order valence-corrected chi connectivity index (χ3v) is 1.01. The minimum atomic E-state index is -3.11. The van der Waals surface area contributed by atoms with Crippen LogP contribution in [0, 0.1) is 0 Å². The van der Waals surface area contributed by atoms with E-state index in [-0.39, 0.29) is 94.2 Å². The van der Waals surface area contributed by atoms with Gasteiger partial charge >= 0.3 is 88.7 Å². The largest absolute Gasteiger partial charge is 1.00 e. The monoisotopic (exact) mass is 270 g/mol. The van der Waals surface area contributed by atoms with E-state index in [1.54, 1.807) is 18.2 Å². The van der Waals surface area contributed by atoms with Crippen molar-refractivity contribution < 1.29 is 112 Å². The summed E-state index contributed by atoms with van der Waals surface area (Å²) in [4.78, 5) is 10.1. The fraction of sp³-hybridized carbons (Fsp3) is 0. The van der Waals surface area contributed by atoms with Gasteiger partial charge in [-0.15, -0.1) is 11.4 Å². The molecule has 0 atom stereocenters. The molecule has 0 amide bonds. The van der Waals surface area contributed by atoms with Crippen LogP contribution < -0.4 is 93.8 Å². The molecule has 1 rings (SSSR count). The third-order valence-electron chi connectivity index (χ3n) is 1.01. The zero-order valence-corrected chi connectivity index (χ0v) is 16.2. The molecule has 0 unspecified atom stereocenters. The summed E-state index contributed by atoms with van der Waals surface area (Å²) in [6.45, 7) is 0. The van der Waals surface area contributed by atoms with Gasteiger partial charge in [0.2, 0.25) is 0 Å². The predicted molar refractivity (Wildman–Crippen MR) is 40.5 cm³/mol. The summed E-state index contributed by atoms with van der Waals surface area (Å²) in [6.07, 6.45) is 0. The molecule has 0 fully saturated rings. The molecule has 0 saturated carbocycles. The fourth-order valence-electron chi connectivity index (χ4n) is 0.574. The predicted octanol–water partition coefficient (Wildman–Crippen LogP) is -9.94. The molecule has 0 aromatic heterocycles. The van der Waals surface area contributed by atoms with E-state index in [1.807, 2.05) is 0 Å². The summed E-state index contributed by atoms with van der Waals surface area (Å²) < 4.78 is 25.3.